The molecule has 3 aromatic rings. The third-order valence-electron chi connectivity index (χ3n) is 3.69. The van der Waals surface area contributed by atoms with E-state index in [2.05, 4.69) is 15.9 Å². The van der Waals surface area contributed by atoms with Gasteiger partial charge in [0.15, 0.2) is 0 Å². The number of carbonyl (C=O) groups excluding carboxylic acids is 1. The number of hydrogen-bond donors (Lipinski definition) is 2. The Morgan fingerprint density at radius 3 is 2.19 bits per heavy atom. The summed E-state index contributed by atoms with van der Waals surface area (Å²) in [6.45, 7) is 0. The summed E-state index contributed by atoms with van der Waals surface area (Å²) in [6.07, 6.45) is 0.847. The number of carbonyl (C=O) groups is 2. The summed E-state index contributed by atoms with van der Waals surface area (Å²) in [6, 6.07) is 14.9. The number of halogens is 1. The van der Waals surface area contributed by atoms with Crippen LogP contribution in [0.15, 0.2) is 58.4 Å². The van der Waals surface area contributed by atoms with Crippen molar-refractivity contribution >= 4 is 50.9 Å². The highest BCUT2D eigenvalue weighted by atomic mass is 79.9. The van der Waals surface area contributed by atoms with E-state index < -0.39 is 5.97 Å². The third kappa shape index (κ3) is 5.42. The molecule has 0 atom stereocenters. The van der Waals surface area contributed by atoms with Crippen LogP contribution in [0, 0.1) is 0 Å². The fourth-order valence-electron chi connectivity index (χ4n) is 2.26. The minimum atomic E-state index is -0.989. The zero-order valence-electron chi connectivity index (χ0n) is 14.8. The molecule has 27 heavy (non-hydrogen) atoms. The molecule has 0 bridgehead atoms. The van der Waals surface area contributed by atoms with Gasteiger partial charge in [-0.2, -0.15) is 0 Å². The van der Waals surface area contributed by atoms with Crippen LogP contribution in [0.25, 0.3) is 10.4 Å². The van der Waals surface area contributed by atoms with Crippen molar-refractivity contribution in [1.29, 1.82) is 0 Å². The molecule has 140 valence electrons. The molecule has 0 amide bonds. The number of nitrogen functional groups attached to an aromatic ring is 1. The van der Waals surface area contributed by atoms with Gasteiger partial charge in [-0.15, -0.1) is 11.3 Å². The van der Waals surface area contributed by atoms with E-state index in [4.69, 9.17) is 10.8 Å². The predicted octanol–water partition coefficient (Wildman–Crippen LogP) is 5.02. The molecule has 0 saturated carbocycles. The second kappa shape index (κ2) is 9.34. The highest BCUT2D eigenvalue weighted by Crippen LogP contribution is 2.34. The van der Waals surface area contributed by atoms with Gasteiger partial charge < -0.3 is 15.7 Å². The molecule has 0 saturated heterocycles. The summed E-state index contributed by atoms with van der Waals surface area (Å²) in [4.78, 5) is 24.0. The first-order valence-corrected chi connectivity index (χ1v) is 9.59. The second-order valence-electron chi connectivity index (χ2n) is 5.81. The third-order valence-corrected chi connectivity index (χ3v) is 5.26. The van der Waals surface area contributed by atoms with Crippen molar-refractivity contribution < 1.29 is 14.7 Å². The number of thiophene rings is 1. The zero-order chi connectivity index (χ0) is 20.0. The van der Waals surface area contributed by atoms with Crippen molar-refractivity contribution in [1.82, 2.24) is 0 Å². The molecular weight excluding hydrogens is 428 g/mol. The standard InChI is InChI=1S/C11H8BrNO2S.C9H11NO/c12-7-3-1-6(2-4-7)10-9(11(14)15)8(13)5-16-10;1-10(2)9-5-3-8(7-11)4-6-9/h1-5H,13H2,(H,14,15);3-7H,1-2H3. The lowest BCUT2D eigenvalue weighted by molar-refractivity contribution is 0.0699. The van der Waals surface area contributed by atoms with E-state index in [-0.39, 0.29) is 5.56 Å². The van der Waals surface area contributed by atoms with Gasteiger partial charge in [-0.25, -0.2) is 4.79 Å². The number of aromatic carboxylic acids is 1. The van der Waals surface area contributed by atoms with E-state index in [9.17, 15) is 9.59 Å². The summed E-state index contributed by atoms with van der Waals surface area (Å²) in [5.74, 6) is -0.989. The Kier molecular flexibility index (Phi) is 7.15. The van der Waals surface area contributed by atoms with Crippen LogP contribution in [0.4, 0.5) is 11.4 Å². The first-order chi connectivity index (χ1) is 12.8. The minimum Gasteiger partial charge on any atom is -0.478 e. The maximum absolute atomic E-state index is 11.1. The quantitative estimate of drug-likeness (QED) is 0.549. The van der Waals surface area contributed by atoms with E-state index in [1.807, 2.05) is 67.5 Å². The number of hydrogen-bond acceptors (Lipinski definition) is 5. The van der Waals surface area contributed by atoms with E-state index in [0.29, 0.717) is 10.6 Å². The van der Waals surface area contributed by atoms with Crippen LogP contribution in [0.5, 0.6) is 0 Å². The topological polar surface area (TPSA) is 83.6 Å². The number of nitrogens with two attached hydrogens (primary N) is 1. The fourth-order valence-corrected chi connectivity index (χ4v) is 3.48. The van der Waals surface area contributed by atoms with Crippen molar-refractivity contribution in [3.8, 4) is 10.4 Å². The van der Waals surface area contributed by atoms with Crippen LogP contribution in [-0.2, 0) is 0 Å². The molecule has 0 spiro atoms. The number of rotatable bonds is 4. The number of aldehydes is 1. The highest BCUT2D eigenvalue weighted by Gasteiger charge is 2.17. The molecular formula is C20H19BrN2O3S. The molecule has 1 aromatic heterocycles. The van der Waals surface area contributed by atoms with Gasteiger partial charge in [0.1, 0.15) is 11.8 Å². The van der Waals surface area contributed by atoms with E-state index in [1.54, 1.807) is 5.38 Å². The molecule has 7 heteroatoms. The number of benzene rings is 2. The molecule has 3 N–H and O–H groups in total. The number of nitrogens with zero attached hydrogens (tertiary/aromatic N) is 1. The van der Waals surface area contributed by atoms with Gasteiger partial charge in [-0.1, -0.05) is 28.1 Å². The Labute approximate surface area is 170 Å². The van der Waals surface area contributed by atoms with Crippen molar-refractivity contribution in [3.05, 3.63) is 69.5 Å². The number of anilines is 2. The maximum atomic E-state index is 11.1. The van der Waals surface area contributed by atoms with Gasteiger partial charge in [-0.3, -0.25) is 4.79 Å². The van der Waals surface area contributed by atoms with E-state index >= 15 is 0 Å². The van der Waals surface area contributed by atoms with Crippen LogP contribution >= 0.6 is 27.3 Å². The first kappa shape index (κ1) is 20.7. The van der Waals surface area contributed by atoms with Crippen molar-refractivity contribution in [3.63, 3.8) is 0 Å². The molecule has 0 fully saturated rings. The monoisotopic (exact) mass is 446 g/mol. The van der Waals surface area contributed by atoms with Crippen LogP contribution < -0.4 is 10.6 Å². The Hall–Kier alpha value is -2.64. The first-order valence-electron chi connectivity index (χ1n) is 7.92. The van der Waals surface area contributed by atoms with Crippen molar-refractivity contribution in [2.75, 3.05) is 24.7 Å². The van der Waals surface area contributed by atoms with Crippen molar-refractivity contribution in [2.24, 2.45) is 0 Å². The average molecular weight is 447 g/mol. The summed E-state index contributed by atoms with van der Waals surface area (Å²) < 4.78 is 0.956. The highest BCUT2D eigenvalue weighted by molar-refractivity contribution is 9.10. The van der Waals surface area contributed by atoms with Gasteiger partial charge in [0.05, 0.1) is 10.6 Å². The van der Waals surface area contributed by atoms with E-state index in [0.717, 1.165) is 27.6 Å². The molecule has 5 nitrogen and oxygen atoms in total. The summed E-state index contributed by atoms with van der Waals surface area (Å²) >= 11 is 4.68. The summed E-state index contributed by atoms with van der Waals surface area (Å²) in [7, 11) is 3.94. The largest absolute Gasteiger partial charge is 0.478 e. The summed E-state index contributed by atoms with van der Waals surface area (Å²) in [5.41, 5.74) is 8.82. The molecule has 0 aliphatic heterocycles. The van der Waals surface area contributed by atoms with Gasteiger partial charge in [0.25, 0.3) is 0 Å². The Bertz CT molecular complexity index is 919. The Morgan fingerprint density at radius 2 is 1.70 bits per heavy atom. The van der Waals surface area contributed by atoms with Crippen LogP contribution in [-0.4, -0.2) is 31.5 Å². The van der Waals surface area contributed by atoms with Gasteiger partial charge >= 0.3 is 5.97 Å². The van der Waals surface area contributed by atoms with Crippen LogP contribution in [0.1, 0.15) is 20.7 Å². The van der Waals surface area contributed by atoms with Gasteiger partial charge in [-0.05, 0) is 42.0 Å². The summed E-state index contributed by atoms with van der Waals surface area (Å²) in [5, 5.41) is 10.7. The van der Waals surface area contributed by atoms with Gasteiger partial charge in [0, 0.05) is 35.2 Å². The average Bonchev–Trinajstić information content (AvgIpc) is 3.04. The lowest BCUT2D eigenvalue weighted by Crippen LogP contribution is -2.08. The SMILES string of the molecule is CN(C)c1ccc(C=O)cc1.Nc1csc(-c2ccc(Br)cc2)c1C(=O)O. The normalized spacial score (nSPS) is 9.89. The molecule has 1 heterocycles. The van der Waals surface area contributed by atoms with Crippen LogP contribution in [0.3, 0.4) is 0 Å². The minimum absolute atomic E-state index is 0.187. The van der Waals surface area contributed by atoms with Crippen LogP contribution in [0.2, 0.25) is 0 Å². The Balaban J connectivity index is 0.000000208. The lowest BCUT2D eigenvalue weighted by Gasteiger charge is -2.11. The Morgan fingerprint density at radius 1 is 1.11 bits per heavy atom. The smallest absolute Gasteiger partial charge is 0.339 e. The zero-order valence-corrected chi connectivity index (χ0v) is 17.3. The molecule has 0 aliphatic rings. The molecule has 0 radical (unpaired) electrons. The van der Waals surface area contributed by atoms with Gasteiger partial charge in [0.2, 0.25) is 0 Å². The number of carboxylic acid groups (broad SMARTS) is 1. The maximum Gasteiger partial charge on any atom is 0.339 e. The molecule has 0 unspecified atom stereocenters. The molecule has 0 aliphatic carbocycles. The molecule has 2 aromatic carbocycles. The van der Waals surface area contributed by atoms with E-state index in [1.165, 1.54) is 11.3 Å². The number of carboxylic acids is 1. The fraction of sp³-hybridized carbons (Fsp3) is 0.100. The second-order valence-corrected chi connectivity index (χ2v) is 7.61. The predicted molar refractivity (Wildman–Crippen MR) is 115 cm³/mol. The molecule has 3 rings (SSSR count). The lowest BCUT2D eigenvalue weighted by atomic mass is 10.1. The van der Waals surface area contributed by atoms with Crippen molar-refractivity contribution in [2.45, 2.75) is 0 Å².